The summed E-state index contributed by atoms with van der Waals surface area (Å²) in [6.07, 6.45) is 0. The Bertz CT molecular complexity index is 925. The SMILES string of the molecule is Cc1c2c(cc(=O)c3c1c1ccccc1n3C)OCO2. The first-order chi connectivity index (χ1) is 9.68. The third-order valence-corrected chi connectivity index (χ3v) is 3.96. The predicted molar refractivity (Wildman–Crippen MR) is 77.6 cm³/mol. The van der Waals surface area contributed by atoms with Gasteiger partial charge in [0.15, 0.2) is 11.5 Å². The molecule has 2 heterocycles. The van der Waals surface area contributed by atoms with Crippen LogP contribution in [-0.2, 0) is 7.05 Å². The van der Waals surface area contributed by atoms with Crippen LogP contribution in [0.25, 0.3) is 21.8 Å². The lowest BCUT2D eigenvalue weighted by atomic mass is 10.1. The molecule has 2 aromatic carbocycles. The Morgan fingerprint density at radius 3 is 2.85 bits per heavy atom. The number of hydrogen-bond acceptors (Lipinski definition) is 3. The first-order valence-electron chi connectivity index (χ1n) is 6.49. The summed E-state index contributed by atoms with van der Waals surface area (Å²) in [6, 6.07) is 9.54. The van der Waals surface area contributed by atoms with Crippen LogP contribution in [0.5, 0.6) is 11.5 Å². The zero-order valence-corrected chi connectivity index (χ0v) is 11.3. The third kappa shape index (κ3) is 1.28. The lowest BCUT2D eigenvalue weighted by Gasteiger charge is -1.97. The van der Waals surface area contributed by atoms with Crippen molar-refractivity contribution in [3.05, 3.63) is 46.1 Å². The number of aryl methyl sites for hydroxylation is 2. The van der Waals surface area contributed by atoms with Crippen LogP contribution in [0.15, 0.2) is 35.1 Å². The van der Waals surface area contributed by atoms with Gasteiger partial charge in [0, 0.05) is 35.0 Å². The van der Waals surface area contributed by atoms with E-state index in [0.717, 1.165) is 21.9 Å². The second kappa shape index (κ2) is 3.76. The molecular weight excluding hydrogens is 254 g/mol. The summed E-state index contributed by atoms with van der Waals surface area (Å²) in [4.78, 5) is 12.5. The van der Waals surface area contributed by atoms with Crippen LogP contribution in [0, 0.1) is 6.92 Å². The first-order valence-corrected chi connectivity index (χ1v) is 6.49. The second-order valence-electron chi connectivity index (χ2n) is 5.03. The molecule has 0 atom stereocenters. The van der Waals surface area contributed by atoms with Crippen molar-refractivity contribution in [1.29, 1.82) is 0 Å². The van der Waals surface area contributed by atoms with Crippen molar-refractivity contribution in [2.45, 2.75) is 6.92 Å². The lowest BCUT2D eigenvalue weighted by molar-refractivity contribution is 0.173. The number of ether oxygens (including phenoxy) is 2. The largest absolute Gasteiger partial charge is 0.453 e. The van der Waals surface area contributed by atoms with Gasteiger partial charge in [0.1, 0.15) is 0 Å². The molecule has 100 valence electrons. The molecule has 1 aliphatic heterocycles. The van der Waals surface area contributed by atoms with Crippen molar-refractivity contribution in [3.8, 4) is 11.5 Å². The fraction of sp³-hybridized carbons (Fsp3) is 0.188. The number of aromatic nitrogens is 1. The molecule has 4 rings (SSSR count). The molecular formula is C16H13NO3. The van der Waals surface area contributed by atoms with E-state index in [1.54, 1.807) is 0 Å². The van der Waals surface area contributed by atoms with Crippen LogP contribution in [0.3, 0.4) is 0 Å². The van der Waals surface area contributed by atoms with E-state index in [4.69, 9.17) is 9.47 Å². The molecule has 4 heteroatoms. The van der Waals surface area contributed by atoms with Gasteiger partial charge in [-0.2, -0.15) is 0 Å². The number of hydrogen-bond donors (Lipinski definition) is 0. The highest BCUT2D eigenvalue weighted by molar-refractivity contribution is 6.10. The molecule has 0 spiro atoms. The standard InChI is InChI=1S/C16H13NO3/c1-9-14-10-5-3-4-6-11(10)17(2)15(14)12(18)7-13-16(9)20-8-19-13/h3-7H,8H2,1-2H3. The van der Waals surface area contributed by atoms with Crippen LogP contribution < -0.4 is 14.9 Å². The van der Waals surface area contributed by atoms with E-state index in [-0.39, 0.29) is 12.2 Å². The Hall–Kier alpha value is -2.49. The van der Waals surface area contributed by atoms with Crippen molar-refractivity contribution in [1.82, 2.24) is 4.57 Å². The highest BCUT2D eigenvalue weighted by Crippen LogP contribution is 2.39. The van der Waals surface area contributed by atoms with Gasteiger partial charge in [-0.15, -0.1) is 0 Å². The van der Waals surface area contributed by atoms with Crippen molar-refractivity contribution in [2.24, 2.45) is 7.05 Å². The average molecular weight is 267 g/mol. The van der Waals surface area contributed by atoms with Gasteiger partial charge in [0.2, 0.25) is 12.2 Å². The Kier molecular flexibility index (Phi) is 2.13. The molecule has 0 aliphatic carbocycles. The Labute approximate surface area is 115 Å². The first kappa shape index (κ1) is 11.3. The molecule has 0 radical (unpaired) electrons. The van der Waals surface area contributed by atoms with Gasteiger partial charge in [0.05, 0.1) is 5.52 Å². The van der Waals surface area contributed by atoms with Crippen molar-refractivity contribution < 1.29 is 9.47 Å². The van der Waals surface area contributed by atoms with Crippen LogP contribution in [0.1, 0.15) is 5.56 Å². The highest BCUT2D eigenvalue weighted by atomic mass is 16.7. The highest BCUT2D eigenvalue weighted by Gasteiger charge is 2.21. The zero-order valence-electron chi connectivity index (χ0n) is 11.3. The minimum Gasteiger partial charge on any atom is -0.453 e. The molecule has 4 nitrogen and oxygen atoms in total. The van der Waals surface area contributed by atoms with Gasteiger partial charge in [0.25, 0.3) is 0 Å². The fourth-order valence-corrected chi connectivity index (χ4v) is 3.05. The van der Waals surface area contributed by atoms with E-state index in [9.17, 15) is 4.79 Å². The molecule has 3 aromatic rings. The number of rotatable bonds is 0. The topological polar surface area (TPSA) is 40.5 Å². The van der Waals surface area contributed by atoms with E-state index in [1.165, 1.54) is 6.07 Å². The quantitative estimate of drug-likeness (QED) is 0.629. The number of fused-ring (bicyclic) bond motifs is 4. The summed E-state index contributed by atoms with van der Waals surface area (Å²) in [5.41, 5.74) is 2.63. The average Bonchev–Trinajstić information content (AvgIpc) is 2.99. The van der Waals surface area contributed by atoms with Crippen LogP contribution in [0.2, 0.25) is 0 Å². The smallest absolute Gasteiger partial charge is 0.231 e. The van der Waals surface area contributed by atoms with Gasteiger partial charge in [-0.25, -0.2) is 0 Å². The van der Waals surface area contributed by atoms with Gasteiger partial charge in [-0.1, -0.05) is 18.2 Å². The van der Waals surface area contributed by atoms with Crippen LogP contribution in [0.4, 0.5) is 0 Å². The molecule has 0 unspecified atom stereocenters. The second-order valence-corrected chi connectivity index (χ2v) is 5.03. The van der Waals surface area contributed by atoms with Crippen LogP contribution >= 0.6 is 0 Å². The lowest BCUT2D eigenvalue weighted by Crippen LogP contribution is -2.02. The number of nitrogens with zero attached hydrogens (tertiary/aromatic N) is 1. The van der Waals surface area contributed by atoms with Gasteiger partial charge in [-0.3, -0.25) is 4.79 Å². The maximum Gasteiger partial charge on any atom is 0.231 e. The summed E-state index contributed by atoms with van der Waals surface area (Å²) < 4.78 is 12.9. The summed E-state index contributed by atoms with van der Waals surface area (Å²) in [6.45, 7) is 2.15. The molecule has 1 aliphatic rings. The van der Waals surface area contributed by atoms with Crippen molar-refractivity contribution in [3.63, 3.8) is 0 Å². The van der Waals surface area contributed by atoms with E-state index >= 15 is 0 Å². The van der Waals surface area contributed by atoms with Gasteiger partial charge in [-0.05, 0) is 13.0 Å². The molecule has 0 amide bonds. The molecule has 0 N–H and O–H groups in total. The number of benzene rings is 1. The number of para-hydroxylation sites is 1. The molecule has 0 fully saturated rings. The summed E-state index contributed by atoms with van der Waals surface area (Å²) in [5, 5.41) is 2.01. The van der Waals surface area contributed by atoms with Crippen LogP contribution in [-0.4, -0.2) is 11.4 Å². The molecule has 1 aromatic heterocycles. The normalized spacial score (nSPS) is 13.3. The van der Waals surface area contributed by atoms with Crippen molar-refractivity contribution >= 4 is 21.8 Å². The third-order valence-electron chi connectivity index (χ3n) is 3.96. The summed E-state index contributed by atoms with van der Waals surface area (Å²) in [7, 11) is 1.92. The Balaban J connectivity index is 2.38. The molecule has 0 saturated heterocycles. The maximum absolute atomic E-state index is 12.5. The summed E-state index contributed by atoms with van der Waals surface area (Å²) in [5.74, 6) is 1.21. The maximum atomic E-state index is 12.5. The molecule has 0 bridgehead atoms. The predicted octanol–water partition coefficient (Wildman–Crippen LogP) is 2.73. The summed E-state index contributed by atoms with van der Waals surface area (Å²) >= 11 is 0. The Morgan fingerprint density at radius 2 is 2.00 bits per heavy atom. The van der Waals surface area contributed by atoms with E-state index < -0.39 is 0 Å². The van der Waals surface area contributed by atoms with E-state index in [2.05, 4.69) is 0 Å². The van der Waals surface area contributed by atoms with E-state index in [0.29, 0.717) is 17.0 Å². The fourth-order valence-electron chi connectivity index (χ4n) is 3.05. The molecule has 0 saturated carbocycles. The minimum atomic E-state index is -0.0476. The Morgan fingerprint density at radius 1 is 1.20 bits per heavy atom. The monoisotopic (exact) mass is 267 g/mol. The zero-order chi connectivity index (χ0) is 13.9. The minimum absolute atomic E-state index is 0.0476. The van der Waals surface area contributed by atoms with Crippen molar-refractivity contribution in [2.75, 3.05) is 6.79 Å². The van der Waals surface area contributed by atoms with Gasteiger partial charge < -0.3 is 14.0 Å². The van der Waals surface area contributed by atoms with E-state index in [1.807, 2.05) is 42.8 Å². The van der Waals surface area contributed by atoms with Gasteiger partial charge >= 0.3 is 0 Å². The molecule has 20 heavy (non-hydrogen) atoms.